The average molecular weight is 329 g/mol. The Kier molecular flexibility index (Phi) is 5.83. The van der Waals surface area contributed by atoms with Gasteiger partial charge in [0.2, 0.25) is 0 Å². The van der Waals surface area contributed by atoms with Gasteiger partial charge in [0, 0.05) is 11.9 Å². The molecule has 0 aliphatic heterocycles. The molecule has 0 fully saturated rings. The largest absolute Gasteiger partial charge is 0.462 e. The number of carbonyl (C=O) groups excluding carboxylic acids is 2. The number of aromatic nitrogens is 2. The second-order valence-corrected chi connectivity index (χ2v) is 4.80. The minimum absolute atomic E-state index is 0.213. The molecule has 126 valence electrons. The zero-order chi connectivity index (χ0) is 17.5. The smallest absolute Gasteiger partial charge is 0.355 e. The van der Waals surface area contributed by atoms with Gasteiger partial charge in [0.05, 0.1) is 30.7 Å². The van der Waals surface area contributed by atoms with Crippen LogP contribution in [0.2, 0.25) is 0 Å². The van der Waals surface area contributed by atoms with E-state index in [0.29, 0.717) is 16.9 Å². The maximum atomic E-state index is 12.2. The lowest BCUT2D eigenvalue weighted by atomic mass is 10.2. The van der Waals surface area contributed by atoms with Crippen LogP contribution in [-0.2, 0) is 9.47 Å². The molecule has 2 heterocycles. The normalized spacial score (nSPS) is 10.8. The molecule has 0 aromatic carbocycles. The summed E-state index contributed by atoms with van der Waals surface area (Å²) in [6, 6.07) is 4.99. The van der Waals surface area contributed by atoms with Gasteiger partial charge in [0.25, 0.3) is 0 Å². The third kappa shape index (κ3) is 3.87. The Bertz CT molecular complexity index is 751. The van der Waals surface area contributed by atoms with Gasteiger partial charge in [-0.15, -0.1) is 0 Å². The van der Waals surface area contributed by atoms with Crippen LogP contribution in [0.4, 0.5) is 5.69 Å². The Hall–Kier alpha value is -2.96. The summed E-state index contributed by atoms with van der Waals surface area (Å²) in [7, 11) is 0. The molecule has 0 saturated heterocycles. The zero-order valence-electron chi connectivity index (χ0n) is 13.9. The molecule has 2 rings (SSSR count). The SMILES string of the molecule is CCOC(=O)c1cc(C(=O)OCC)n(C=Nc2cccnc2)c1C. The second-order valence-electron chi connectivity index (χ2n) is 4.80. The highest BCUT2D eigenvalue weighted by Crippen LogP contribution is 2.17. The summed E-state index contributed by atoms with van der Waals surface area (Å²) in [6.07, 6.45) is 4.69. The molecule has 0 N–H and O–H groups in total. The Morgan fingerprint density at radius 3 is 2.58 bits per heavy atom. The van der Waals surface area contributed by atoms with E-state index in [1.165, 1.54) is 17.0 Å². The Labute approximate surface area is 139 Å². The van der Waals surface area contributed by atoms with Crippen molar-refractivity contribution in [2.75, 3.05) is 13.2 Å². The van der Waals surface area contributed by atoms with Crippen molar-refractivity contribution in [3.63, 3.8) is 0 Å². The minimum atomic E-state index is -0.534. The molecule has 0 atom stereocenters. The summed E-state index contributed by atoms with van der Waals surface area (Å²) < 4.78 is 11.6. The lowest BCUT2D eigenvalue weighted by molar-refractivity contribution is 0.0516. The zero-order valence-corrected chi connectivity index (χ0v) is 13.9. The topological polar surface area (TPSA) is 82.8 Å². The highest BCUT2D eigenvalue weighted by molar-refractivity contribution is 5.98. The van der Waals surface area contributed by atoms with Crippen molar-refractivity contribution in [2.45, 2.75) is 20.8 Å². The molecule has 0 aliphatic rings. The van der Waals surface area contributed by atoms with Crippen LogP contribution in [0.3, 0.4) is 0 Å². The molecule has 7 nitrogen and oxygen atoms in total. The van der Waals surface area contributed by atoms with E-state index in [4.69, 9.17) is 9.47 Å². The predicted molar refractivity (Wildman–Crippen MR) is 88.9 cm³/mol. The van der Waals surface area contributed by atoms with E-state index < -0.39 is 11.9 Å². The maximum absolute atomic E-state index is 12.2. The number of rotatable bonds is 6. The fraction of sp³-hybridized carbons (Fsp3) is 0.294. The Morgan fingerprint density at radius 2 is 1.96 bits per heavy atom. The molecule has 2 aromatic rings. The molecular formula is C17H19N3O4. The van der Waals surface area contributed by atoms with Gasteiger partial charge < -0.3 is 9.47 Å². The molecule has 24 heavy (non-hydrogen) atoms. The van der Waals surface area contributed by atoms with Crippen molar-refractivity contribution in [3.8, 4) is 0 Å². The van der Waals surface area contributed by atoms with E-state index >= 15 is 0 Å². The van der Waals surface area contributed by atoms with Gasteiger partial charge in [-0.2, -0.15) is 0 Å². The standard InChI is InChI=1S/C17H19N3O4/c1-4-23-16(21)14-9-15(17(22)24-5-2)20(12(14)3)11-19-13-7-6-8-18-10-13/h6-11H,4-5H2,1-3H3. The second kappa shape index (κ2) is 8.05. The number of hydrogen-bond acceptors (Lipinski definition) is 6. The Balaban J connectivity index is 2.44. The van der Waals surface area contributed by atoms with Crippen molar-refractivity contribution in [2.24, 2.45) is 4.99 Å². The van der Waals surface area contributed by atoms with Crippen LogP contribution in [-0.4, -0.2) is 41.0 Å². The van der Waals surface area contributed by atoms with Gasteiger partial charge in [-0.05, 0) is 39.0 Å². The molecule has 0 amide bonds. The summed E-state index contributed by atoms with van der Waals surface area (Å²) in [5, 5.41) is 0. The number of hydrogen-bond donors (Lipinski definition) is 0. The number of ether oxygens (including phenoxy) is 2. The van der Waals surface area contributed by atoms with E-state index in [0.717, 1.165) is 0 Å². The summed E-state index contributed by atoms with van der Waals surface area (Å²) >= 11 is 0. The van der Waals surface area contributed by atoms with Crippen LogP contribution in [0.5, 0.6) is 0 Å². The quantitative estimate of drug-likeness (QED) is 0.462. The summed E-state index contributed by atoms with van der Waals surface area (Å²) in [5.74, 6) is -1.03. The minimum Gasteiger partial charge on any atom is -0.462 e. The predicted octanol–water partition coefficient (Wildman–Crippen LogP) is 2.75. The third-order valence-corrected chi connectivity index (χ3v) is 3.24. The number of pyridine rings is 1. The van der Waals surface area contributed by atoms with Gasteiger partial charge in [-0.1, -0.05) is 0 Å². The Morgan fingerprint density at radius 1 is 1.25 bits per heavy atom. The molecule has 7 heteroatoms. The number of carbonyl (C=O) groups is 2. The first-order valence-electron chi connectivity index (χ1n) is 7.58. The van der Waals surface area contributed by atoms with E-state index in [1.54, 1.807) is 45.3 Å². The van der Waals surface area contributed by atoms with Crippen LogP contribution in [0.25, 0.3) is 0 Å². The first-order chi connectivity index (χ1) is 11.6. The number of aliphatic imine (C=N–C) groups is 1. The summed E-state index contributed by atoms with van der Waals surface area (Å²) in [6.45, 7) is 5.64. The lowest BCUT2D eigenvalue weighted by Crippen LogP contribution is -2.13. The van der Waals surface area contributed by atoms with Crippen LogP contribution in [0.1, 0.15) is 40.4 Å². The molecule has 0 bridgehead atoms. The molecule has 0 unspecified atom stereocenters. The van der Waals surface area contributed by atoms with Gasteiger partial charge >= 0.3 is 11.9 Å². The van der Waals surface area contributed by atoms with Crippen LogP contribution in [0.15, 0.2) is 35.6 Å². The monoisotopic (exact) mass is 329 g/mol. The molecule has 0 aliphatic carbocycles. The van der Waals surface area contributed by atoms with Crippen molar-refractivity contribution >= 4 is 24.0 Å². The number of nitrogens with zero attached hydrogens (tertiary/aromatic N) is 3. The first kappa shape index (κ1) is 17.4. The maximum Gasteiger partial charge on any atom is 0.355 e. The van der Waals surface area contributed by atoms with Crippen molar-refractivity contribution in [3.05, 3.63) is 47.5 Å². The molecule has 0 saturated carbocycles. The average Bonchev–Trinajstić information content (AvgIpc) is 2.91. The molecular weight excluding hydrogens is 310 g/mol. The van der Waals surface area contributed by atoms with E-state index in [1.807, 2.05) is 0 Å². The third-order valence-electron chi connectivity index (χ3n) is 3.24. The van der Waals surface area contributed by atoms with Crippen molar-refractivity contribution in [1.82, 2.24) is 9.55 Å². The first-order valence-corrected chi connectivity index (χ1v) is 7.58. The summed E-state index contributed by atoms with van der Waals surface area (Å²) in [4.78, 5) is 32.4. The van der Waals surface area contributed by atoms with Gasteiger partial charge in [-0.3, -0.25) is 9.55 Å². The molecule has 0 radical (unpaired) electrons. The van der Waals surface area contributed by atoms with E-state index in [-0.39, 0.29) is 18.9 Å². The number of esters is 2. The van der Waals surface area contributed by atoms with Crippen molar-refractivity contribution in [1.29, 1.82) is 0 Å². The van der Waals surface area contributed by atoms with Crippen molar-refractivity contribution < 1.29 is 19.1 Å². The lowest BCUT2D eigenvalue weighted by Gasteiger charge is -2.05. The van der Waals surface area contributed by atoms with E-state index in [2.05, 4.69) is 9.98 Å². The highest BCUT2D eigenvalue weighted by atomic mass is 16.5. The molecule has 2 aromatic heterocycles. The fourth-order valence-corrected chi connectivity index (χ4v) is 2.10. The fourth-order valence-electron chi connectivity index (χ4n) is 2.10. The van der Waals surface area contributed by atoms with Gasteiger partial charge in [-0.25, -0.2) is 14.6 Å². The highest BCUT2D eigenvalue weighted by Gasteiger charge is 2.22. The summed E-state index contributed by atoms with van der Waals surface area (Å²) in [5.41, 5.74) is 1.69. The molecule has 0 spiro atoms. The van der Waals surface area contributed by atoms with Crippen LogP contribution >= 0.6 is 0 Å². The van der Waals surface area contributed by atoms with Crippen LogP contribution < -0.4 is 0 Å². The van der Waals surface area contributed by atoms with Gasteiger partial charge in [0.1, 0.15) is 12.0 Å². The van der Waals surface area contributed by atoms with Gasteiger partial charge in [0.15, 0.2) is 0 Å². The van der Waals surface area contributed by atoms with E-state index in [9.17, 15) is 9.59 Å². The van der Waals surface area contributed by atoms with Crippen LogP contribution in [0, 0.1) is 6.92 Å².